The largest absolute Gasteiger partial charge is 0.312 e. The molecule has 6 nitrogen and oxygen atoms in total. The average Bonchev–Trinajstić information content (AvgIpc) is 3.32. The average molecular weight is 397 g/mol. The maximum atomic E-state index is 6.07. The van der Waals surface area contributed by atoms with E-state index in [1.54, 1.807) is 22.8 Å². The molecule has 0 radical (unpaired) electrons. The van der Waals surface area contributed by atoms with Gasteiger partial charge in [-0.3, -0.25) is 0 Å². The number of aryl methyl sites for hydroxylation is 1. The van der Waals surface area contributed by atoms with Gasteiger partial charge >= 0.3 is 0 Å². The molecule has 2 aromatic heterocycles. The molecule has 2 heterocycles. The van der Waals surface area contributed by atoms with Crippen LogP contribution in [-0.2, 0) is 7.05 Å². The van der Waals surface area contributed by atoms with Crippen molar-refractivity contribution in [3.05, 3.63) is 71.6 Å². The lowest BCUT2D eigenvalue weighted by Crippen LogP contribution is -1.98. The van der Waals surface area contributed by atoms with Crippen LogP contribution in [0.3, 0.4) is 0 Å². The van der Waals surface area contributed by atoms with Gasteiger partial charge in [0, 0.05) is 22.9 Å². The third-order valence-electron chi connectivity index (χ3n) is 4.17. The second kappa shape index (κ2) is 7.54. The molecule has 0 fully saturated rings. The van der Waals surface area contributed by atoms with Gasteiger partial charge in [0.25, 0.3) is 0 Å². The molecule has 0 aliphatic rings. The minimum Gasteiger partial charge on any atom is -0.312 e. The number of aromatic nitrogens is 6. The molecule has 0 spiro atoms. The van der Waals surface area contributed by atoms with Crippen molar-refractivity contribution in [2.45, 2.75) is 17.3 Å². The van der Waals surface area contributed by atoms with Crippen molar-refractivity contribution < 1.29 is 0 Å². The Hall–Kier alpha value is -2.64. The highest BCUT2D eigenvalue weighted by atomic mass is 35.5. The molecule has 8 heteroatoms. The Bertz CT molecular complexity index is 1070. The minimum atomic E-state index is 0.226. The number of hydrogen-bond donors (Lipinski definition) is 0. The van der Waals surface area contributed by atoms with Crippen LogP contribution in [0.2, 0.25) is 5.02 Å². The molecule has 0 aliphatic heterocycles. The van der Waals surface area contributed by atoms with Crippen LogP contribution in [0.4, 0.5) is 0 Å². The SMILES string of the molecule is CC(Sc1nncn1C)c1cccc(-n2cc(-c3cccc(Cl)c3)nn2)c1. The molecule has 136 valence electrons. The Kier molecular flexibility index (Phi) is 4.96. The zero-order valence-corrected chi connectivity index (χ0v) is 16.4. The Morgan fingerprint density at radius 3 is 2.70 bits per heavy atom. The van der Waals surface area contributed by atoms with Crippen LogP contribution in [0.25, 0.3) is 16.9 Å². The molecule has 1 atom stereocenters. The number of hydrogen-bond acceptors (Lipinski definition) is 5. The Labute approximate surface area is 166 Å². The zero-order valence-electron chi connectivity index (χ0n) is 14.8. The summed E-state index contributed by atoms with van der Waals surface area (Å²) in [6, 6.07) is 15.9. The second-order valence-corrected chi connectivity index (χ2v) is 7.88. The van der Waals surface area contributed by atoms with Crippen molar-refractivity contribution in [3.63, 3.8) is 0 Å². The van der Waals surface area contributed by atoms with Crippen molar-refractivity contribution in [2.75, 3.05) is 0 Å². The van der Waals surface area contributed by atoms with Crippen LogP contribution in [0.5, 0.6) is 0 Å². The van der Waals surface area contributed by atoms with E-state index < -0.39 is 0 Å². The predicted molar refractivity (Wildman–Crippen MR) is 107 cm³/mol. The van der Waals surface area contributed by atoms with Crippen LogP contribution < -0.4 is 0 Å². The Morgan fingerprint density at radius 2 is 1.93 bits per heavy atom. The van der Waals surface area contributed by atoms with Crippen molar-refractivity contribution in [3.8, 4) is 16.9 Å². The van der Waals surface area contributed by atoms with Gasteiger partial charge in [-0.25, -0.2) is 4.68 Å². The molecule has 0 bridgehead atoms. The zero-order chi connectivity index (χ0) is 18.8. The van der Waals surface area contributed by atoms with Crippen LogP contribution in [-0.4, -0.2) is 29.8 Å². The standard InChI is InChI=1S/C19H17ClN6S/c1-13(27-19-23-21-12-25(19)2)14-5-4-8-17(10-14)26-11-18(22-24-26)15-6-3-7-16(20)9-15/h3-13H,1-2H3. The molecule has 4 aromatic rings. The van der Waals surface area contributed by atoms with Gasteiger partial charge in [0.05, 0.1) is 11.9 Å². The van der Waals surface area contributed by atoms with Crippen LogP contribution >= 0.6 is 23.4 Å². The minimum absolute atomic E-state index is 0.226. The lowest BCUT2D eigenvalue weighted by atomic mass is 10.1. The van der Waals surface area contributed by atoms with Gasteiger partial charge in [-0.1, -0.05) is 52.8 Å². The second-order valence-electron chi connectivity index (χ2n) is 6.14. The molecule has 0 saturated heterocycles. The molecule has 27 heavy (non-hydrogen) atoms. The van der Waals surface area contributed by atoms with E-state index in [4.69, 9.17) is 11.6 Å². The molecule has 0 aliphatic carbocycles. The molecule has 1 unspecified atom stereocenters. The summed E-state index contributed by atoms with van der Waals surface area (Å²) in [5.74, 6) is 0. The van der Waals surface area contributed by atoms with Gasteiger partial charge < -0.3 is 4.57 Å². The molecular formula is C19H17ClN6S. The number of rotatable bonds is 5. The first-order chi connectivity index (χ1) is 13.1. The predicted octanol–water partition coefficient (Wildman–Crippen LogP) is 4.57. The van der Waals surface area contributed by atoms with Gasteiger partial charge in [0.1, 0.15) is 12.0 Å². The van der Waals surface area contributed by atoms with Crippen molar-refractivity contribution >= 4 is 23.4 Å². The third-order valence-corrected chi connectivity index (χ3v) is 5.61. The Balaban J connectivity index is 1.58. The summed E-state index contributed by atoms with van der Waals surface area (Å²) in [7, 11) is 1.94. The summed E-state index contributed by atoms with van der Waals surface area (Å²) in [6.07, 6.45) is 3.61. The fourth-order valence-electron chi connectivity index (χ4n) is 2.70. The summed E-state index contributed by atoms with van der Waals surface area (Å²) < 4.78 is 3.69. The van der Waals surface area contributed by atoms with Gasteiger partial charge in [-0.15, -0.1) is 15.3 Å². The van der Waals surface area contributed by atoms with E-state index in [9.17, 15) is 0 Å². The molecule has 2 aromatic carbocycles. The maximum absolute atomic E-state index is 6.07. The summed E-state index contributed by atoms with van der Waals surface area (Å²) in [6.45, 7) is 2.15. The summed E-state index contributed by atoms with van der Waals surface area (Å²) in [5.41, 5.74) is 3.86. The van der Waals surface area contributed by atoms with Crippen LogP contribution in [0.1, 0.15) is 17.7 Å². The quantitative estimate of drug-likeness (QED) is 0.462. The monoisotopic (exact) mass is 396 g/mol. The fraction of sp³-hybridized carbons (Fsp3) is 0.158. The van der Waals surface area contributed by atoms with Crippen molar-refractivity contribution in [1.82, 2.24) is 29.8 Å². The smallest absolute Gasteiger partial charge is 0.191 e. The number of nitrogens with zero attached hydrogens (tertiary/aromatic N) is 6. The van der Waals surface area contributed by atoms with E-state index in [0.29, 0.717) is 5.02 Å². The highest BCUT2D eigenvalue weighted by molar-refractivity contribution is 7.99. The molecule has 4 rings (SSSR count). The van der Waals surface area contributed by atoms with E-state index in [1.807, 2.05) is 54.2 Å². The summed E-state index contributed by atoms with van der Waals surface area (Å²) in [5, 5.41) is 18.4. The highest BCUT2D eigenvalue weighted by Gasteiger charge is 2.13. The van der Waals surface area contributed by atoms with Gasteiger partial charge in [-0.05, 0) is 36.8 Å². The lowest BCUT2D eigenvalue weighted by molar-refractivity contribution is 0.784. The van der Waals surface area contributed by atoms with E-state index in [0.717, 1.165) is 22.1 Å². The molecule has 0 amide bonds. The van der Waals surface area contributed by atoms with Crippen LogP contribution in [0.15, 0.2) is 66.2 Å². The molecule has 0 saturated carbocycles. The molecule has 0 N–H and O–H groups in total. The van der Waals surface area contributed by atoms with E-state index in [2.05, 4.69) is 39.6 Å². The normalized spacial score (nSPS) is 12.3. The van der Waals surface area contributed by atoms with E-state index >= 15 is 0 Å². The summed E-state index contributed by atoms with van der Waals surface area (Å²) >= 11 is 7.74. The Morgan fingerprint density at radius 1 is 1.07 bits per heavy atom. The summed E-state index contributed by atoms with van der Waals surface area (Å²) in [4.78, 5) is 0. The van der Waals surface area contributed by atoms with Gasteiger partial charge in [0.15, 0.2) is 5.16 Å². The van der Waals surface area contributed by atoms with Crippen molar-refractivity contribution in [1.29, 1.82) is 0 Å². The topological polar surface area (TPSA) is 61.4 Å². The first-order valence-corrected chi connectivity index (χ1v) is 9.65. The first-order valence-electron chi connectivity index (χ1n) is 8.39. The molecular weight excluding hydrogens is 380 g/mol. The van der Waals surface area contributed by atoms with E-state index in [1.165, 1.54) is 5.56 Å². The van der Waals surface area contributed by atoms with E-state index in [-0.39, 0.29) is 5.25 Å². The van der Waals surface area contributed by atoms with Crippen LogP contribution in [0, 0.1) is 0 Å². The number of thioether (sulfide) groups is 1. The van der Waals surface area contributed by atoms with Gasteiger partial charge in [0.2, 0.25) is 0 Å². The van der Waals surface area contributed by atoms with Crippen molar-refractivity contribution in [2.24, 2.45) is 7.05 Å². The van der Waals surface area contributed by atoms with Gasteiger partial charge in [-0.2, -0.15) is 0 Å². The lowest BCUT2D eigenvalue weighted by Gasteiger charge is -2.12. The maximum Gasteiger partial charge on any atom is 0.191 e. The highest BCUT2D eigenvalue weighted by Crippen LogP contribution is 2.34. The fourth-order valence-corrected chi connectivity index (χ4v) is 3.79. The number of halogens is 1. The third kappa shape index (κ3) is 3.89. The number of benzene rings is 2. The first kappa shape index (κ1) is 17.8.